The predicted octanol–water partition coefficient (Wildman–Crippen LogP) is 2.76. The molecule has 0 bridgehead atoms. The second-order valence-electron chi connectivity index (χ2n) is 7.64. The SMILES string of the molecule is COC(=O)[C@H](Cc1ccccc1)NC[C@H]1CCCN1C(=O)OC(C)(C)C. The average Bonchev–Trinajstić information content (AvgIpc) is 3.06. The number of amides is 1. The van der Waals surface area contributed by atoms with E-state index in [1.54, 1.807) is 4.90 Å². The fourth-order valence-corrected chi connectivity index (χ4v) is 3.12. The maximum Gasteiger partial charge on any atom is 0.410 e. The molecule has 1 aromatic carbocycles. The van der Waals surface area contributed by atoms with Crippen molar-refractivity contribution in [3.05, 3.63) is 35.9 Å². The Kier molecular flexibility index (Phi) is 7.03. The number of esters is 1. The minimum absolute atomic E-state index is 0.0211. The maximum atomic E-state index is 12.4. The molecule has 1 saturated heterocycles. The van der Waals surface area contributed by atoms with Gasteiger partial charge in [0, 0.05) is 19.1 Å². The van der Waals surface area contributed by atoms with Gasteiger partial charge >= 0.3 is 12.1 Å². The Bertz CT molecular complexity index is 598. The first-order chi connectivity index (χ1) is 12.3. The molecule has 2 rings (SSSR count). The second-order valence-corrected chi connectivity index (χ2v) is 7.64. The molecule has 1 amide bonds. The molecule has 0 unspecified atom stereocenters. The molecule has 1 aromatic rings. The molecule has 1 fully saturated rings. The number of nitrogens with one attached hydrogen (secondary N) is 1. The van der Waals surface area contributed by atoms with Gasteiger partial charge in [-0.1, -0.05) is 30.3 Å². The molecule has 6 nitrogen and oxygen atoms in total. The van der Waals surface area contributed by atoms with E-state index in [9.17, 15) is 9.59 Å². The molecule has 6 heteroatoms. The topological polar surface area (TPSA) is 67.9 Å². The van der Waals surface area contributed by atoms with Crippen molar-refractivity contribution < 1.29 is 19.1 Å². The molecule has 2 atom stereocenters. The van der Waals surface area contributed by atoms with Crippen LogP contribution in [0.2, 0.25) is 0 Å². The van der Waals surface area contributed by atoms with Crippen LogP contribution in [0.3, 0.4) is 0 Å². The summed E-state index contributed by atoms with van der Waals surface area (Å²) in [4.78, 5) is 26.3. The first kappa shape index (κ1) is 20.2. The van der Waals surface area contributed by atoms with Gasteiger partial charge in [-0.15, -0.1) is 0 Å². The molecule has 1 aliphatic heterocycles. The molecule has 1 heterocycles. The van der Waals surface area contributed by atoms with Crippen LogP contribution in [0.1, 0.15) is 39.2 Å². The van der Waals surface area contributed by atoms with E-state index in [4.69, 9.17) is 9.47 Å². The van der Waals surface area contributed by atoms with Crippen molar-refractivity contribution in [2.75, 3.05) is 20.2 Å². The molecule has 0 saturated carbocycles. The minimum atomic E-state index is -0.514. The third-order valence-electron chi connectivity index (χ3n) is 4.37. The second kappa shape index (κ2) is 9.03. The number of carbonyl (C=O) groups is 2. The molecule has 0 spiro atoms. The molecule has 144 valence electrons. The number of benzene rings is 1. The van der Waals surface area contributed by atoms with Crippen LogP contribution < -0.4 is 5.32 Å². The van der Waals surface area contributed by atoms with E-state index in [0.29, 0.717) is 19.5 Å². The van der Waals surface area contributed by atoms with Gasteiger partial charge in [-0.3, -0.25) is 4.79 Å². The van der Waals surface area contributed by atoms with E-state index in [1.165, 1.54) is 7.11 Å². The summed E-state index contributed by atoms with van der Waals surface area (Å²) in [6.07, 6.45) is 2.09. The largest absolute Gasteiger partial charge is 0.468 e. The van der Waals surface area contributed by atoms with Crippen molar-refractivity contribution in [2.45, 2.75) is 57.7 Å². The van der Waals surface area contributed by atoms with E-state index in [1.807, 2.05) is 51.1 Å². The summed E-state index contributed by atoms with van der Waals surface area (Å²) >= 11 is 0. The number of ether oxygens (including phenoxy) is 2. The quantitative estimate of drug-likeness (QED) is 0.788. The first-order valence-corrected chi connectivity index (χ1v) is 9.15. The van der Waals surface area contributed by atoms with Crippen LogP contribution in [0.5, 0.6) is 0 Å². The highest BCUT2D eigenvalue weighted by molar-refractivity contribution is 5.76. The van der Waals surface area contributed by atoms with Crippen LogP contribution in [0, 0.1) is 0 Å². The van der Waals surface area contributed by atoms with Crippen molar-refractivity contribution >= 4 is 12.1 Å². The van der Waals surface area contributed by atoms with Crippen LogP contribution in [0.25, 0.3) is 0 Å². The van der Waals surface area contributed by atoms with E-state index in [2.05, 4.69) is 5.32 Å². The molecule has 1 aliphatic rings. The van der Waals surface area contributed by atoms with Gasteiger partial charge in [-0.2, -0.15) is 0 Å². The number of methoxy groups -OCH3 is 1. The molecule has 0 aromatic heterocycles. The van der Waals surface area contributed by atoms with E-state index >= 15 is 0 Å². The normalized spacial score (nSPS) is 18.5. The van der Waals surface area contributed by atoms with Crippen LogP contribution in [-0.4, -0.2) is 54.8 Å². The lowest BCUT2D eigenvalue weighted by molar-refractivity contribution is -0.143. The van der Waals surface area contributed by atoms with Gasteiger partial charge in [0.2, 0.25) is 0 Å². The molecule has 0 aliphatic carbocycles. The van der Waals surface area contributed by atoms with Gasteiger partial charge in [-0.25, -0.2) is 4.79 Å². The fourth-order valence-electron chi connectivity index (χ4n) is 3.12. The molecule has 0 radical (unpaired) electrons. The third-order valence-corrected chi connectivity index (χ3v) is 4.37. The van der Waals surface area contributed by atoms with Gasteiger partial charge in [0.25, 0.3) is 0 Å². The molecule has 1 N–H and O–H groups in total. The van der Waals surface area contributed by atoms with Crippen LogP contribution in [-0.2, 0) is 20.7 Å². The molecular weight excluding hydrogens is 332 g/mol. The summed E-state index contributed by atoms with van der Waals surface area (Å²) in [6.45, 7) is 6.80. The highest BCUT2D eigenvalue weighted by atomic mass is 16.6. The van der Waals surface area contributed by atoms with Gasteiger partial charge in [0.05, 0.1) is 7.11 Å². The minimum Gasteiger partial charge on any atom is -0.468 e. The van der Waals surface area contributed by atoms with Crippen LogP contribution in [0.4, 0.5) is 4.79 Å². The van der Waals surface area contributed by atoms with Crippen LogP contribution in [0.15, 0.2) is 30.3 Å². The lowest BCUT2D eigenvalue weighted by Crippen LogP contribution is -2.48. The van der Waals surface area contributed by atoms with Crippen molar-refractivity contribution in [3.8, 4) is 0 Å². The van der Waals surface area contributed by atoms with Crippen molar-refractivity contribution in [3.63, 3.8) is 0 Å². The highest BCUT2D eigenvalue weighted by Gasteiger charge is 2.33. The van der Waals surface area contributed by atoms with E-state index in [0.717, 1.165) is 18.4 Å². The number of carbonyl (C=O) groups excluding carboxylic acids is 2. The van der Waals surface area contributed by atoms with Crippen LogP contribution >= 0.6 is 0 Å². The predicted molar refractivity (Wildman–Crippen MR) is 99.9 cm³/mol. The average molecular weight is 362 g/mol. The van der Waals surface area contributed by atoms with Gasteiger partial charge in [-0.05, 0) is 45.6 Å². The van der Waals surface area contributed by atoms with Crippen molar-refractivity contribution in [1.82, 2.24) is 10.2 Å². The zero-order valence-electron chi connectivity index (χ0n) is 16.2. The Hall–Kier alpha value is -2.08. The lowest BCUT2D eigenvalue weighted by Gasteiger charge is -2.29. The standard InChI is InChI=1S/C20H30N2O4/c1-20(2,3)26-19(24)22-12-8-11-16(22)14-21-17(18(23)25-4)13-15-9-6-5-7-10-15/h5-7,9-10,16-17,21H,8,11-14H2,1-4H3/t16-,17+/m1/s1. The number of hydrogen-bond acceptors (Lipinski definition) is 5. The zero-order valence-corrected chi connectivity index (χ0v) is 16.2. The van der Waals surface area contributed by atoms with Crippen molar-refractivity contribution in [1.29, 1.82) is 0 Å². The lowest BCUT2D eigenvalue weighted by atomic mass is 10.1. The van der Waals surface area contributed by atoms with Gasteiger partial charge in [0.15, 0.2) is 0 Å². The third kappa shape index (κ3) is 6.02. The number of hydrogen-bond donors (Lipinski definition) is 1. The molecular formula is C20H30N2O4. The summed E-state index contributed by atoms with van der Waals surface area (Å²) in [5.41, 5.74) is 0.547. The maximum absolute atomic E-state index is 12.4. The zero-order chi connectivity index (χ0) is 19.2. The van der Waals surface area contributed by atoms with Gasteiger partial charge in [0.1, 0.15) is 11.6 Å². The first-order valence-electron chi connectivity index (χ1n) is 9.15. The summed E-state index contributed by atoms with van der Waals surface area (Å²) < 4.78 is 10.4. The number of rotatable bonds is 6. The Morgan fingerprint density at radius 2 is 1.96 bits per heavy atom. The van der Waals surface area contributed by atoms with E-state index in [-0.39, 0.29) is 18.1 Å². The van der Waals surface area contributed by atoms with Gasteiger partial charge < -0.3 is 19.7 Å². The Morgan fingerprint density at radius 3 is 2.58 bits per heavy atom. The monoisotopic (exact) mass is 362 g/mol. The Labute approximate surface area is 155 Å². The highest BCUT2D eigenvalue weighted by Crippen LogP contribution is 2.20. The summed E-state index contributed by atoms with van der Waals surface area (Å²) in [5.74, 6) is -0.296. The fraction of sp³-hybridized carbons (Fsp3) is 0.600. The number of likely N-dealkylation sites (tertiary alicyclic amines) is 1. The van der Waals surface area contributed by atoms with Crippen molar-refractivity contribution in [2.24, 2.45) is 0 Å². The summed E-state index contributed by atoms with van der Waals surface area (Å²) in [6, 6.07) is 9.40. The summed E-state index contributed by atoms with van der Waals surface area (Å²) in [7, 11) is 1.39. The van der Waals surface area contributed by atoms with E-state index < -0.39 is 11.6 Å². The summed E-state index contributed by atoms with van der Waals surface area (Å²) in [5, 5.41) is 3.28. The molecule has 26 heavy (non-hydrogen) atoms. The Balaban J connectivity index is 1.96. The Morgan fingerprint density at radius 1 is 1.27 bits per heavy atom. The number of nitrogens with zero attached hydrogens (tertiary/aromatic N) is 1. The smallest absolute Gasteiger partial charge is 0.410 e.